The fourth-order valence-electron chi connectivity index (χ4n) is 2.23. The molecule has 0 aliphatic rings. The number of nitrogens with zero attached hydrogens (tertiary/aromatic N) is 1. The molecule has 0 aliphatic carbocycles. The molecule has 88 valence electrons. The van der Waals surface area contributed by atoms with Gasteiger partial charge in [0.25, 0.3) is 0 Å². The second-order valence-corrected chi connectivity index (χ2v) is 4.63. The molecule has 1 aromatic heterocycles. The molecule has 1 heterocycles. The van der Waals surface area contributed by atoms with Crippen LogP contribution in [-0.2, 0) is 6.42 Å². The van der Waals surface area contributed by atoms with Crippen LogP contribution >= 0.6 is 0 Å². The Morgan fingerprint density at radius 2 is 1.82 bits per heavy atom. The third kappa shape index (κ3) is 2.38. The summed E-state index contributed by atoms with van der Waals surface area (Å²) in [6.07, 6.45) is 4.93. The predicted octanol–water partition coefficient (Wildman–Crippen LogP) is 4.43. The lowest BCUT2D eigenvalue weighted by molar-refractivity contribution is 0.865. The summed E-state index contributed by atoms with van der Waals surface area (Å²) in [4.78, 5) is 4.28. The Morgan fingerprint density at radius 3 is 2.53 bits per heavy atom. The Morgan fingerprint density at radius 1 is 1.06 bits per heavy atom. The number of benzene rings is 1. The van der Waals surface area contributed by atoms with Gasteiger partial charge >= 0.3 is 0 Å². The third-order valence-electron chi connectivity index (χ3n) is 3.17. The van der Waals surface area contributed by atoms with Crippen molar-refractivity contribution in [3.63, 3.8) is 0 Å². The van der Waals surface area contributed by atoms with E-state index < -0.39 is 0 Å². The molecule has 0 atom stereocenters. The van der Waals surface area contributed by atoms with Crippen molar-refractivity contribution >= 4 is 0 Å². The maximum atomic E-state index is 4.28. The summed E-state index contributed by atoms with van der Waals surface area (Å²) < 4.78 is 0. The van der Waals surface area contributed by atoms with Gasteiger partial charge in [0.1, 0.15) is 0 Å². The van der Waals surface area contributed by atoms with E-state index in [2.05, 4.69) is 56.1 Å². The van der Waals surface area contributed by atoms with Crippen molar-refractivity contribution in [1.29, 1.82) is 0 Å². The van der Waals surface area contributed by atoms with Crippen LogP contribution in [-0.4, -0.2) is 4.98 Å². The number of hydrogen-bond acceptors (Lipinski definition) is 1. The van der Waals surface area contributed by atoms with Crippen LogP contribution in [0.25, 0.3) is 11.1 Å². The zero-order valence-electron chi connectivity index (χ0n) is 10.8. The summed E-state index contributed by atoms with van der Waals surface area (Å²) in [5, 5.41) is 0. The molecular formula is C16H19N. The maximum absolute atomic E-state index is 4.28. The number of aryl methyl sites for hydroxylation is 1. The molecule has 0 amide bonds. The van der Waals surface area contributed by atoms with Gasteiger partial charge in [0, 0.05) is 18.0 Å². The molecule has 0 aliphatic heterocycles. The first kappa shape index (κ1) is 11.8. The van der Waals surface area contributed by atoms with Gasteiger partial charge in [-0.1, -0.05) is 45.0 Å². The summed E-state index contributed by atoms with van der Waals surface area (Å²) in [7, 11) is 0. The Kier molecular flexibility index (Phi) is 3.58. The lowest BCUT2D eigenvalue weighted by Crippen LogP contribution is -1.96. The molecule has 0 radical (unpaired) electrons. The normalized spacial score (nSPS) is 10.8. The SMILES string of the molecule is CCc1ccccc1-c1cnccc1C(C)C. The van der Waals surface area contributed by atoms with Crippen LogP contribution in [0.1, 0.15) is 37.8 Å². The molecular weight excluding hydrogens is 206 g/mol. The quantitative estimate of drug-likeness (QED) is 0.752. The number of rotatable bonds is 3. The molecule has 0 bridgehead atoms. The summed E-state index contributed by atoms with van der Waals surface area (Å²) in [6, 6.07) is 10.7. The van der Waals surface area contributed by atoms with Crippen LogP contribution in [0.5, 0.6) is 0 Å². The highest BCUT2D eigenvalue weighted by Gasteiger charge is 2.10. The molecule has 2 aromatic rings. The first-order valence-electron chi connectivity index (χ1n) is 6.26. The van der Waals surface area contributed by atoms with Gasteiger partial charge in [-0.25, -0.2) is 0 Å². The van der Waals surface area contributed by atoms with Crippen LogP contribution in [0.2, 0.25) is 0 Å². The van der Waals surface area contributed by atoms with E-state index in [1.165, 1.54) is 22.3 Å². The van der Waals surface area contributed by atoms with Crippen LogP contribution in [0.15, 0.2) is 42.7 Å². The molecule has 1 heteroatoms. The minimum absolute atomic E-state index is 0.526. The average Bonchev–Trinajstić information content (AvgIpc) is 2.38. The van der Waals surface area contributed by atoms with E-state index in [0.29, 0.717) is 5.92 Å². The van der Waals surface area contributed by atoms with Gasteiger partial charge in [-0.05, 0) is 35.1 Å². The van der Waals surface area contributed by atoms with E-state index in [1.807, 2.05) is 12.4 Å². The van der Waals surface area contributed by atoms with E-state index in [4.69, 9.17) is 0 Å². The maximum Gasteiger partial charge on any atom is 0.0349 e. The van der Waals surface area contributed by atoms with Crippen LogP contribution in [0, 0.1) is 0 Å². The fourth-order valence-corrected chi connectivity index (χ4v) is 2.23. The minimum Gasteiger partial charge on any atom is -0.264 e. The van der Waals surface area contributed by atoms with Crippen LogP contribution in [0.4, 0.5) is 0 Å². The highest BCUT2D eigenvalue weighted by molar-refractivity contribution is 5.70. The van der Waals surface area contributed by atoms with E-state index >= 15 is 0 Å². The van der Waals surface area contributed by atoms with E-state index in [1.54, 1.807) is 0 Å². The summed E-state index contributed by atoms with van der Waals surface area (Å²) in [6.45, 7) is 6.66. The Hall–Kier alpha value is -1.63. The van der Waals surface area contributed by atoms with Crippen molar-refractivity contribution in [3.05, 3.63) is 53.9 Å². The molecule has 0 N–H and O–H groups in total. The molecule has 0 unspecified atom stereocenters. The predicted molar refractivity (Wildman–Crippen MR) is 73.1 cm³/mol. The Balaban J connectivity index is 2.60. The Labute approximate surface area is 104 Å². The summed E-state index contributed by atoms with van der Waals surface area (Å²) >= 11 is 0. The van der Waals surface area contributed by atoms with Crippen molar-refractivity contribution in [2.24, 2.45) is 0 Å². The molecule has 17 heavy (non-hydrogen) atoms. The van der Waals surface area contributed by atoms with Crippen molar-refractivity contribution < 1.29 is 0 Å². The number of aromatic nitrogens is 1. The van der Waals surface area contributed by atoms with E-state index in [-0.39, 0.29) is 0 Å². The van der Waals surface area contributed by atoms with Crippen LogP contribution in [0.3, 0.4) is 0 Å². The monoisotopic (exact) mass is 225 g/mol. The van der Waals surface area contributed by atoms with Crippen molar-refractivity contribution in [1.82, 2.24) is 4.98 Å². The number of pyridine rings is 1. The van der Waals surface area contributed by atoms with E-state index in [0.717, 1.165) is 6.42 Å². The zero-order valence-corrected chi connectivity index (χ0v) is 10.8. The lowest BCUT2D eigenvalue weighted by atomic mass is 9.91. The standard InChI is InChI=1S/C16H19N/c1-4-13-7-5-6-8-15(13)16-11-17-10-9-14(16)12(2)3/h5-12H,4H2,1-3H3. The lowest BCUT2D eigenvalue weighted by Gasteiger charge is -2.14. The van der Waals surface area contributed by atoms with Crippen molar-refractivity contribution in [2.45, 2.75) is 33.1 Å². The van der Waals surface area contributed by atoms with E-state index in [9.17, 15) is 0 Å². The summed E-state index contributed by atoms with van der Waals surface area (Å²) in [5.41, 5.74) is 5.37. The molecule has 0 spiro atoms. The second-order valence-electron chi connectivity index (χ2n) is 4.63. The first-order chi connectivity index (χ1) is 8.24. The van der Waals surface area contributed by atoms with Gasteiger partial charge in [-0.15, -0.1) is 0 Å². The Bertz CT molecular complexity index is 500. The average molecular weight is 225 g/mol. The third-order valence-corrected chi connectivity index (χ3v) is 3.17. The highest BCUT2D eigenvalue weighted by Crippen LogP contribution is 2.30. The smallest absolute Gasteiger partial charge is 0.0349 e. The molecule has 1 aromatic carbocycles. The van der Waals surface area contributed by atoms with Gasteiger partial charge in [-0.2, -0.15) is 0 Å². The topological polar surface area (TPSA) is 12.9 Å². The summed E-state index contributed by atoms with van der Waals surface area (Å²) in [5.74, 6) is 0.526. The second kappa shape index (κ2) is 5.13. The number of hydrogen-bond donors (Lipinski definition) is 0. The largest absolute Gasteiger partial charge is 0.264 e. The van der Waals surface area contributed by atoms with Gasteiger partial charge in [0.05, 0.1) is 0 Å². The minimum atomic E-state index is 0.526. The molecule has 1 nitrogen and oxygen atoms in total. The van der Waals surface area contributed by atoms with Crippen molar-refractivity contribution in [3.8, 4) is 11.1 Å². The van der Waals surface area contributed by atoms with Gasteiger partial charge in [-0.3, -0.25) is 4.98 Å². The first-order valence-corrected chi connectivity index (χ1v) is 6.26. The van der Waals surface area contributed by atoms with Crippen LogP contribution < -0.4 is 0 Å². The fraction of sp³-hybridized carbons (Fsp3) is 0.312. The zero-order chi connectivity index (χ0) is 12.3. The molecule has 0 fully saturated rings. The van der Waals surface area contributed by atoms with Crippen molar-refractivity contribution in [2.75, 3.05) is 0 Å². The molecule has 2 rings (SSSR count). The van der Waals surface area contributed by atoms with Gasteiger partial charge < -0.3 is 0 Å². The molecule has 0 saturated carbocycles. The van der Waals surface area contributed by atoms with Gasteiger partial charge in [0.15, 0.2) is 0 Å². The van der Waals surface area contributed by atoms with Gasteiger partial charge in [0.2, 0.25) is 0 Å². The highest BCUT2D eigenvalue weighted by atomic mass is 14.6. The molecule has 0 saturated heterocycles.